The molecule has 1 fully saturated rings. The maximum absolute atomic E-state index is 9.37. The predicted molar refractivity (Wildman–Crippen MR) is 116 cm³/mol. The van der Waals surface area contributed by atoms with Crippen molar-refractivity contribution in [2.45, 2.75) is 18.9 Å². The van der Waals surface area contributed by atoms with Crippen LogP contribution in [0.3, 0.4) is 0 Å². The molecule has 1 aromatic carbocycles. The SMILES string of the molecule is N#Cc1cccc(-c2c(-c3ccncc3OC[C@@H]3CCCN3)[nH]c3cccnc23)c1. The number of hydrogen-bond donors (Lipinski definition) is 2. The third-order valence-electron chi connectivity index (χ3n) is 5.49. The molecule has 1 aliphatic rings. The zero-order chi connectivity index (χ0) is 20.3. The second kappa shape index (κ2) is 7.97. The van der Waals surface area contributed by atoms with Crippen molar-refractivity contribution in [1.82, 2.24) is 20.3 Å². The minimum Gasteiger partial charge on any atom is -0.490 e. The van der Waals surface area contributed by atoms with Gasteiger partial charge in [0.05, 0.1) is 34.6 Å². The van der Waals surface area contributed by atoms with Crippen molar-refractivity contribution in [1.29, 1.82) is 5.26 Å². The Balaban J connectivity index is 1.64. The summed E-state index contributed by atoms with van der Waals surface area (Å²) in [5.74, 6) is 0.732. The number of H-pyrrole nitrogens is 1. The lowest BCUT2D eigenvalue weighted by molar-refractivity contribution is 0.277. The van der Waals surface area contributed by atoms with E-state index in [0.717, 1.165) is 52.1 Å². The molecule has 0 spiro atoms. The number of ether oxygens (including phenoxy) is 1. The fourth-order valence-electron chi connectivity index (χ4n) is 4.04. The standard InChI is InChI=1S/C24H21N5O/c25-13-16-4-1-5-17(12-16)22-23(29-20-7-3-10-28-24(20)22)19-8-11-26-14-21(19)30-15-18-6-2-9-27-18/h1,3-5,7-8,10-12,14,18,27,29H,2,6,9,15H2/t18-/m0/s1. The minimum absolute atomic E-state index is 0.370. The highest BCUT2D eigenvalue weighted by atomic mass is 16.5. The number of fused-ring (bicyclic) bond motifs is 1. The summed E-state index contributed by atoms with van der Waals surface area (Å²) in [4.78, 5) is 12.4. The summed E-state index contributed by atoms with van der Waals surface area (Å²) < 4.78 is 6.19. The first-order chi connectivity index (χ1) is 14.8. The molecule has 0 saturated carbocycles. The molecular formula is C24H21N5O. The Labute approximate surface area is 174 Å². The average molecular weight is 395 g/mol. The summed E-state index contributed by atoms with van der Waals surface area (Å²) in [7, 11) is 0. The molecule has 0 radical (unpaired) electrons. The smallest absolute Gasteiger partial charge is 0.146 e. The molecule has 1 atom stereocenters. The van der Waals surface area contributed by atoms with E-state index >= 15 is 0 Å². The van der Waals surface area contributed by atoms with Crippen molar-refractivity contribution in [3.8, 4) is 34.2 Å². The van der Waals surface area contributed by atoms with E-state index in [0.29, 0.717) is 18.2 Å². The van der Waals surface area contributed by atoms with E-state index in [4.69, 9.17) is 4.74 Å². The molecule has 6 heteroatoms. The first-order valence-corrected chi connectivity index (χ1v) is 10.1. The van der Waals surface area contributed by atoms with E-state index in [1.54, 1.807) is 24.7 Å². The first-order valence-electron chi connectivity index (χ1n) is 10.1. The Morgan fingerprint density at radius 1 is 1.17 bits per heavy atom. The topological polar surface area (TPSA) is 86.6 Å². The van der Waals surface area contributed by atoms with Gasteiger partial charge in [-0.25, -0.2) is 0 Å². The van der Waals surface area contributed by atoms with Gasteiger partial charge in [-0.2, -0.15) is 5.26 Å². The minimum atomic E-state index is 0.370. The van der Waals surface area contributed by atoms with E-state index in [9.17, 15) is 5.26 Å². The van der Waals surface area contributed by atoms with Gasteiger partial charge in [0.15, 0.2) is 0 Å². The van der Waals surface area contributed by atoms with E-state index in [-0.39, 0.29) is 0 Å². The number of rotatable bonds is 5. The fraction of sp³-hybridized carbons (Fsp3) is 0.208. The van der Waals surface area contributed by atoms with Gasteiger partial charge in [-0.15, -0.1) is 0 Å². The molecule has 0 amide bonds. The van der Waals surface area contributed by atoms with Gasteiger partial charge in [0.1, 0.15) is 12.4 Å². The fourth-order valence-corrected chi connectivity index (χ4v) is 4.04. The van der Waals surface area contributed by atoms with Gasteiger partial charge in [0.2, 0.25) is 0 Å². The molecule has 30 heavy (non-hydrogen) atoms. The van der Waals surface area contributed by atoms with Crippen LogP contribution in [0.5, 0.6) is 5.75 Å². The molecule has 0 bridgehead atoms. The van der Waals surface area contributed by atoms with Crippen LogP contribution in [0, 0.1) is 11.3 Å². The van der Waals surface area contributed by atoms with Crippen molar-refractivity contribution in [3.63, 3.8) is 0 Å². The summed E-state index contributed by atoms with van der Waals surface area (Å²) in [6.45, 7) is 1.65. The van der Waals surface area contributed by atoms with E-state index in [1.807, 2.05) is 36.4 Å². The molecule has 0 unspecified atom stereocenters. The maximum atomic E-state index is 9.37. The quantitative estimate of drug-likeness (QED) is 0.526. The number of nitriles is 1. The number of nitrogens with zero attached hydrogens (tertiary/aromatic N) is 3. The van der Waals surface area contributed by atoms with Gasteiger partial charge in [-0.3, -0.25) is 9.97 Å². The highest BCUT2D eigenvalue weighted by Crippen LogP contribution is 2.40. The number of benzene rings is 1. The Morgan fingerprint density at radius 2 is 2.13 bits per heavy atom. The summed E-state index contributed by atoms with van der Waals surface area (Å²) in [5.41, 5.74) is 6.15. The normalized spacial score (nSPS) is 15.9. The van der Waals surface area contributed by atoms with Gasteiger partial charge >= 0.3 is 0 Å². The molecular weight excluding hydrogens is 374 g/mol. The number of nitrogens with one attached hydrogen (secondary N) is 2. The number of hydrogen-bond acceptors (Lipinski definition) is 5. The molecule has 4 heterocycles. The van der Waals surface area contributed by atoms with Crippen LogP contribution in [0.4, 0.5) is 0 Å². The van der Waals surface area contributed by atoms with Crippen molar-refractivity contribution in [3.05, 3.63) is 66.6 Å². The summed E-state index contributed by atoms with van der Waals surface area (Å²) in [5, 5.41) is 12.8. The Kier molecular flexibility index (Phi) is 4.88. The first kappa shape index (κ1) is 18.3. The zero-order valence-electron chi connectivity index (χ0n) is 16.4. The second-order valence-electron chi connectivity index (χ2n) is 7.44. The van der Waals surface area contributed by atoms with Crippen LogP contribution in [-0.2, 0) is 0 Å². The number of aromatic amines is 1. The largest absolute Gasteiger partial charge is 0.490 e. The lowest BCUT2D eigenvalue weighted by Gasteiger charge is -2.15. The van der Waals surface area contributed by atoms with Crippen LogP contribution in [-0.4, -0.2) is 34.1 Å². The van der Waals surface area contributed by atoms with Crippen molar-refractivity contribution in [2.75, 3.05) is 13.2 Å². The maximum Gasteiger partial charge on any atom is 0.146 e. The van der Waals surface area contributed by atoms with E-state index < -0.39 is 0 Å². The highest BCUT2D eigenvalue weighted by Gasteiger charge is 2.21. The van der Waals surface area contributed by atoms with Crippen molar-refractivity contribution >= 4 is 11.0 Å². The van der Waals surface area contributed by atoms with Crippen LogP contribution in [0.25, 0.3) is 33.4 Å². The molecule has 6 nitrogen and oxygen atoms in total. The van der Waals surface area contributed by atoms with Gasteiger partial charge in [-0.05, 0) is 55.3 Å². The van der Waals surface area contributed by atoms with Gasteiger partial charge in [0, 0.05) is 29.6 Å². The van der Waals surface area contributed by atoms with Gasteiger partial charge < -0.3 is 15.0 Å². The van der Waals surface area contributed by atoms with Crippen LogP contribution in [0.15, 0.2) is 61.1 Å². The number of pyridine rings is 2. The molecule has 1 aliphatic heterocycles. The predicted octanol–water partition coefficient (Wildman–Crippen LogP) is 4.29. The van der Waals surface area contributed by atoms with Crippen LogP contribution >= 0.6 is 0 Å². The summed E-state index contributed by atoms with van der Waals surface area (Å²) in [6.07, 6.45) is 7.62. The molecule has 1 saturated heterocycles. The Hall–Kier alpha value is -3.69. The van der Waals surface area contributed by atoms with E-state index in [1.165, 1.54) is 6.42 Å². The Bertz CT molecular complexity index is 1230. The zero-order valence-corrected chi connectivity index (χ0v) is 16.4. The third kappa shape index (κ3) is 3.40. The van der Waals surface area contributed by atoms with Crippen LogP contribution in [0.2, 0.25) is 0 Å². The molecule has 148 valence electrons. The highest BCUT2D eigenvalue weighted by molar-refractivity contribution is 6.02. The lowest BCUT2D eigenvalue weighted by atomic mass is 9.99. The van der Waals surface area contributed by atoms with Crippen LogP contribution < -0.4 is 10.1 Å². The molecule has 5 rings (SSSR count). The number of aromatic nitrogens is 3. The van der Waals surface area contributed by atoms with Crippen molar-refractivity contribution in [2.24, 2.45) is 0 Å². The molecule has 4 aromatic rings. The summed E-state index contributed by atoms with van der Waals surface area (Å²) in [6, 6.07) is 16.1. The molecule has 2 N–H and O–H groups in total. The lowest BCUT2D eigenvalue weighted by Crippen LogP contribution is -2.28. The van der Waals surface area contributed by atoms with E-state index in [2.05, 4.69) is 26.3 Å². The molecule has 3 aromatic heterocycles. The van der Waals surface area contributed by atoms with Gasteiger partial charge in [0.25, 0.3) is 0 Å². The van der Waals surface area contributed by atoms with Crippen LogP contribution in [0.1, 0.15) is 18.4 Å². The summed E-state index contributed by atoms with van der Waals surface area (Å²) >= 11 is 0. The van der Waals surface area contributed by atoms with Crippen molar-refractivity contribution < 1.29 is 4.74 Å². The average Bonchev–Trinajstić information content (AvgIpc) is 3.45. The molecule has 0 aliphatic carbocycles. The van der Waals surface area contributed by atoms with Gasteiger partial charge in [-0.1, -0.05) is 12.1 Å². The third-order valence-corrected chi connectivity index (χ3v) is 5.49. The Morgan fingerprint density at radius 3 is 3.00 bits per heavy atom. The monoisotopic (exact) mass is 395 g/mol. The second-order valence-corrected chi connectivity index (χ2v) is 7.44.